The molecule has 1 unspecified atom stereocenters. The Morgan fingerprint density at radius 2 is 2.07 bits per heavy atom. The van der Waals surface area contributed by atoms with Crippen molar-refractivity contribution in [2.75, 3.05) is 30.5 Å². The Bertz CT molecular complexity index is 813. The van der Waals surface area contributed by atoms with Crippen LogP contribution in [-0.4, -0.2) is 46.7 Å². The second kappa shape index (κ2) is 9.46. The number of benzene rings is 1. The zero-order valence-electron chi connectivity index (χ0n) is 15.0. The van der Waals surface area contributed by atoms with E-state index in [2.05, 4.69) is 26.1 Å². The first kappa shape index (κ1) is 19.3. The summed E-state index contributed by atoms with van der Waals surface area (Å²) in [4.78, 5) is 30.5. The predicted octanol–water partition coefficient (Wildman–Crippen LogP) is 1.50. The second-order valence-electron chi connectivity index (χ2n) is 5.97. The van der Waals surface area contributed by atoms with E-state index in [0.717, 1.165) is 12.8 Å². The lowest BCUT2D eigenvalue weighted by molar-refractivity contribution is -0.383. The number of aromatic nitrogens is 2. The second-order valence-corrected chi connectivity index (χ2v) is 5.97. The number of nitrogens with zero attached hydrogens (tertiary/aromatic N) is 3. The molecule has 148 valence electrons. The zero-order chi connectivity index (χ0) is 19.8. The summed E-state index contributed by atoms with van der Waals surface area (Å²) < 4.78 is 10.8. The van der Waals surface area contributed by atoms with Gasteiger partial charge < -0.3 is 14.8 Å². The Hall–Kier alpha value is -3.47. The van der Waals surface area contributed by atoms with Crippen molar-refractivity contribution in [3.05, 3.63) is 46.8 Å². The van der Waals surface area contributed by atoms with E-state index in [9.17, 15) is 14.9 Å². The van der Waals surface area contributed by atoms with Crippen molar-refractivity contribution < 1.29 is 19.2 Å². The SMILES string of the molecule is O=C(COc1ccccc1)NNc1ncnc(NCC2CCCO2)c1[N+](=O)[O-]. The monoisotopic (exact) mass is 388 g/mol. The lowest BCUT2D eigenvalue weighted by atomic mass is 10.2. The van der Waals surface area contributed by atoms with Crippen molar-refractivity contribution in [1.29, 1.82) is 0 Å². The van der Waals surface area contributed by atoms with Gasteiger partial charge in [0, 0.05) is 13.2 Å². The van der Waals surface area contributed by atoms with Gasteiger partial charge in [-0.1, -0.05) is 18.2 Å². The molecule has 2 aromatic rings. The maximum atomic E-state index is 11.9. The smallest absolute Gasteiger partial charge is 0.354 e. The van der Waals surface area contributed by atoms with Crippen LogP contribution < -0.4 is 20.9 Å². The summed E-state index contributed by atoms with van der Waals surface area (Å²) in [6.45, 7) is 0.816. The molecular weight excluding hydrogens is 368 g/mol. The molecule has 1 amide bonds. The van der Waals surface area contributed by atoms with Crippen molar-refractivity contribution in [1.82, 2.24) is 15.4 Å². The van der Waals surface area contributed by atoms with Crippen molar-refractivity contribution in [3.63, 3.8) is 0 Å². The first-order chi connectivity index (χ1) is 13.6. The summed E-state index contributed by atoms with van der Waals surface area (Å²) >= 11 is 0. The van der Waals surface area contributed by atoms with Gasteiger partial charge in [0.2, 0.25) is 11.6 Å². The van der Waals surface area contributed by atoms with Crippen LogP contribution in [0.1, 0.15) is 12.8 Å². The Morgan fingerprint density at radius 3 is 2.79 bits per heavy atom. The molecule has 1 fully saturated rings. The number of hydrogen-bond acceptors (Lipinski definition) is 9. The minimum atomic E-state index is -0.618. The van der Waals surface area contributed by atoms with Crippen LogP contribution in [0.15, 0.2) is 36.7 Å². The normalized spacial score (nSPS) is 15.6. The third-order valence-electron chi connectivity index (χ3n) is 3.96. The number of hydrogen-bond donors (Lipinski definition) is 3. The summed E-state index contributed by atoms with van der Waals surface area (Å²) in [7, 11) is 0. The van der Waals surface area contributed by atoms with Crippen molar-refractivity contribution in [3.8, 4) is 5.75 Å². The molecule has 0 bridgehead atoms. The van der Waals surface area contributed by atoms with E-state index in [1.165, 1.54) is 6.33 Å². The highest BCUT2D eigenvalue weighted by Crippen LogP contribution is 2.28. The highest BCUT2D eigenvalue weighted by Gasteiger charge is 2.25. The molecule has 2 heterocycles. The molecule has 0 radical (unpaired) electrons. The molecule has 3 N–H and O–H groups in total. The number of amides is 1. The largest absolute Gasteiger partial charge is 0.484 e. The highest BCUT2D eigenvalue weighted by molar-refractivity contribution is 5.80. The number of nitro groups is 1. The van der Waals surface area contributed by atoms with Crippen LogP contribution in [0.5, 0.6) is 5.75 Å². The van der Waals surface area contributed by atoms with Gasteiger partial charge in [0.15, 0.2) is 6.61 Å². The third-order valence-corrected chi connectivity index (χ3v) is 3.96. The van der Waals surface area contributed by atoms with Gasteiger partial charge in [-0.25, -0.2) is 9.97 Å². The van der Waals surface area contributed by atoms with Crippen LogP contribution in [0.2, 0.25) is 0 Å². The Labute approximate surface area is 160 Å². The molecule has 0 saturated carbocycles. The lowest BCUT2D eigenvalue weighted by Crippen LogP contribution is -2.34. The average molecular weight is 388 g/mol. The van der Waals surface area contributed by atoms with Gasteiger partial charge in [0.25, 0.3) is 5.91 Å². The quantitative estimate of drug-likeness (QED) is 0.430. The number of anilines is 2. The summed E-state index contributed by atoms with van der Waals surface area (Å²) in [5, 5.41) is 14.4. The van der Waals surface area contributed by atoms with Crippen molar-refractivity contribution in [2.45, 2.75) is 18.9 Å². The van der Waals surface area contributed by atoms with Gasteiger partial charge in [0.05, 0.1) is 11.0 Å². The molecule has 28 heavy (non-hydrogen) atoms. The molecule has 0 aliphatic carbocycles. The predicted molar refractivity (Wildman–Crippen MR) is 99.9 cm³/mol. The number of hydrazine groups is 1. The summed E-state index contributed by atoms with van der Waals surface area (Å²) in [5.74, 6) is -0.0763. The minimum absolute atomic E-state index is 0.0131. The maximum absolute atomic E-state index is 11.9. The molecule has 1 atom stereocenters. The third kappa shape index (κ3) is 5.27. The fourth-order valence-electron chi connectivity index (χ4n) is 2.62. The van der Waals surface area contributed by atoms with E-state index < -0.39 is 10.8 Å². The molecule has 11 heteroatoms. The highest BCUT2D eigenvalue weighted by atomic mass is 16.6. The van der Waals surface area contributed by atoms with Crippen LogP contribution in [0.3, 0.4) is 0 Å². The average Bonchev–Trinajstić information content (AvgIpc) is 3.23. The Kier molecular flexibility index (Phi) is 6.52. The standard InChI is InChI=1S/C17H20N6O5/c24-14(10-28-12-5-2-1-3-6-12)21-22-17-15(23(25)26)16(19-11-20-17)18-9-13-7-4-8-27-13/h1-3,5-6,11,13H,4,7-10H2,(H,21,24)(H2,18,19,20,22). The molecule has 1 aromatic heterocycles. The molecule has 1 aliphatic heterocycles. The molecule has 1 aromatic carbocycles. The van der Waals surface area contributed by atoms with E-state index in [4.69, 9.17) is 9.47 Å². The molecule has 3 rings (SSSR count). The molecule has 11 nitrogen and oxygen atoms in total. The maximum Gasteiger partial charge on any atom is 0.354 e. The fraction of sp³-hybridized carbons (Fsp3) is 0.353. The molecule has 0 spiro atoms. The van der Waals surface area contributed by atoms with Crippen LogP contribution >= 0.6 is 0 Å². The topological polar surface area (TPSA) is 141 Å². The van der Waals surface area contributed by atoms with Gasteiger partial charge in [-0.15, -0.1) is 0 Å². The summed E-state index contributed by atoms with van der Waals surface area (Å²) in [6.07, 6.45) is 3.00. The molecule has 1 saturated heterocycles. The van der Waals surface area contributed by atoms with Crippen molar-refractivity contribution in [2.24, 2.45) is 0 Å². The first-order valence-corrected chi connectivity index (χ1v) is 8.71. The Balaban J connectivity index is 1.58. The van der Waals surface area contributed by atoms with E-state index in [1.807, 2.05) is 6.07 Å². The number of carbonyl (C=O) groups excluding carboxylic acids is 1. The number of carbonyl (C=O) groups is 1. The Morgan fingerprint density at radius 1 is 1.29 bits per heavy atom. The number of rotatable bonds is 9. The van der Waals surface area contributed by atoms with E-state index >= 15 is 0 Å². The van der Waals surface area contributed by atoms with Crippen LogP contribution in [0.25, 0.3) is 0 Å². The van der Waals surface area contributed by atoms with E-state index in [1.54, 1.807) is 24.3 Å². The summed E-state index contributed by atoms with van der Waals surface area (Å²) in [5.41, 5.74) is 4.41. The lowest BCUT2D eigenvalue weighted by Gasteiger charge is -2.13. The number of ether oxygens (including phenoxy) is 2. The van der Waals surface area contributed by atoms with E-state index in [-0.39, 0.29) is 30.0 Å². The minimum Gasteiger partial charge on any atom is -0.484 e. The van der Waals surface area contributed by atoms with E-state index in [0.29, 0.717) is 18.9 Å². The first-order valence-electron chi connectivity index (χ1n) is 8.71. The van der Waals surface area contributed by atoms with Gasteiger partial charge in [-0.05, 0) is 25.0 Å². The van der Waals surface area contributed by atoms with Crippen LogP contribution in [0, 0.1) is 10.1 Å². The number of para-hydroxylation sites is 1. The van der Waals surface area contributed by atoms with Crippen LogP contribution in [0.4, 0.5) is 17.3 Å². The van der Waals surface area contributed by atoms with Gasteiger partial charge in [-0.2, -0.15) is 0 Å². The fourth-order valence-corrected chi connectivity index (χ4v) is 2.62. The van der Waals surface area contributed by atoms with Crippen LogP contribution in [-0.2, 0) is 9.53 Å². The molecular formula is C17H20N6O5. The molecule has 1 aliphatic rings. The summed E-state index contributed by atoms with van der Waals surface area (Å²) in [6, 6.07) is 8.80. The number of nitrogens with one attached hydrogen (secondary N) is 3. The van der Waals surface area contributed by atoms with Gasteiger partial charge >= 0.3 is 5.69 Å². The van der Waals surface area contributed by atoms with Gasteiger partial charge in [-0.3, -0.25) is 25.8 Å². The van der Waals surface area contributed by atoms with Gasteiger partial charge in [0.1, 0.15) is 12.1 Å². The zero-order valence-corrected chi connectivity index (χ0v) is 15.0. The van der Waals surface area contributed by atoms with Crippen molar-refractivity contribution >= 4 is 23.2 Å².